The van der Waals surface area contributed by atoms with E-state index in [-0.39, 0.29) is 11.2 Å². The topological polar surface area (TPSA) is 64.4 Å². The second kappa shape index (κ2) is 6.45. The summed E-state index contributed by atoms with van der Waals surface area (Å²) in [4.78, 5) is 9.26. The number of aromatic nitrogens is 2. The average molecular weight is 319 g/mol. The summed E-state index contributed by atoms with van der Waals surface area (Å²) in [6.45, 7) is 4.17. The third-order valence-corrected chi connectivity index (χ3v) is 5.30. The minimum absolute atomic E-state index is 0.0288. The summed E-state index contributed by atoms with van der Waals surface area (Å²) >= 11 is 12.6. The Kier molecular flexibility index (Phi) is 5.83. The van der Waals surface area contributed by atoms with Gasteiger partial charge in [-0.2, -0.15) is 5.10 Å². The van der Waals surface area contributed by atoms with Crippen molar-refractivity contribution in [1.29, 1.82) is 0 Å². The molecule has 1 atom stereocenters. The monoisotopic (exact) mass is 318 g/mol. The van der Waals surface area contributed by atoms with Crippen LogP contribution in [-0.4, -0.2) is 20.8 Å². The van der Waals surface area contributed by atoms with Crippen LogP contribution < -0.4 is 0 Å². The minimum Gasteiger partial charge on any atom is -0.324 e. The fraction of sp³-hybridized carbons (Fsp3) is 0.625. The molecule has 0 saturated heterocycles. The van der Waals surface area contributed by atoms with Crippen LogP contribution in [0.1, 0.15) is 20.3 Å². The van der Waals surface area contributed by atoms with Crippen molar-refractivity contribution in [1.82, 2.24) is 9.78 Å². The Bertz CT molecular complexity index is 441. The first-order valence-corrected chi connectivity index (χ1v) is 8.27. The van der Waals surface area contributed by atoms with Gasteiger partial charge in [0.2, 0.25) is 0 Å². The first kappa shape index (κ1) is 15.3. The second-order valence-electron chi connectivity index (χ2n) is 3.24. The van der Waals surface area contributed by atoms with Crippen LogP contribution in [0.3, 0.4) is 0 Å². The van der Waals surface area contributed by atoms with Gasteiger partial charge in [0.1, 0.15) is 10.2 Å². The van der Waals surface area contributed by atoms with Gasteiger partial charge in [0.15, 0.2) is 5.03 Å². The number of halogens is 2. The normalized spacial score (nSPS) is 14.9. The molecule has 0 radical (unpaired) electrons. The SMILES string of the molecule is CCCn1nc(SOP(=O)(O)CC)c(Cl)c1Cl. The van der Waals surface area contributed by atoms with Crippen molar-refractivity contribution >= 4 is 42.8 Å². The van der Waals surface area contributed by atoms with Gasteiger partial charge >= 0.3 is 7.60 Å². The van der Waals surface area contributed by atoms with Crippen LogP contribution in [-0.2, 0) is 15.1 Å². The Balaban J connectivity index is 2.79. The van der Waals surface area contributed by atoms with E-state index in [4.69, 9.17) is 27.2 Å². The third-order valence-electron chi connectivity index (χ3n) is 1.87. The summed E-state index contributed by atoms with van der Waals surface area (Å²) in [5.41, 5.74) is 0. The highest BCUT2D eigenvalue weighted by atomic mass is 35.5. The lowest BCUT2D eigenvalue weighted by Gasteiger charge is -2.06. The first-order chi connectivity index (χ1) is 7.91. The van der Waals surface area contributed by atoms with Gasteiger partial charge in [-0.05, 0) is 6.42 Å². The van der Waals surface area contributed by atoms with Crippen molar-refractivity contribution in [2.24, 2.45) is 0 Å². The molecule has 1 aromatic heterocycles. The van der Waals surface area contributed by atoms with Gasteiger partial charge < -0.3 is 4.89 Å². The predicted octanol–water partition coefficient (Wildman–Crippen LogP) is 3.83. The van der Waals surface area contributed by atoms with Crippen molar-refractivity contribution in [2.45, 2.75) is 31.8 Å². The summed E-state index contributed by atoms with van der Waals surface area (Å²) in [5, 5.41) is 4.94. The lowest BCUT2D eigenvalue weighted by atomic mass is 10.5. The Labute approximate surface area is 114 Å². The molecule has 17 heavy (non-hydrogen) atoms. The van der Waals surface area contributed by atoms with E-state index in [1.807, 2.05) is 6.92 Å². The molecule has 0 bridgehead atoms. The molecule has 1 rings (SSSR count). The molecular formula is C8H13Cl2N2O3PS. The maximum absolute atomic E-state index is 11.3. The van der Waals surface area contributed by atoms with Crippen LogP contribution >= 0.6 is 42.8 Å². The van der Waals surface area contributed by atoms with E-state index in [0.29, 0.717) is 28.8 Å². The van der Waals surface area contributed by atoms with Gasteiger partial charge in [0.25, 0.3) is 0 Å². The molecule has 0 aliphatic carbocycles. The average Bonchev–Trinajstić information content (AvgIpc) is 2.55. The van der Waals surface area contributed by atoms with Crippen LogP contribution in [0.15, 0.2) is 5.03 Å². The zero-order chi connectivity index (χ0) is 13.1. The molecule has 5 nitrogen and oxygen atoms in total. The quantitative estimate of drug-likeness (QED) is 0.638. The number of nitrogens with zero attached hydrogens (tertiary/aromatic N) is 2. The third kappa shape index (κ3) is 4.16. The molecule has 1 unspecified atom stereocenters. The summed E-state index contributed by atoms with van der Waals surface area (Å²) < 4.78 is 17.6. The van der Waals surface area contributed by atoms with E-state index < -0.39 is 7.60 Å². The maximum atomic E-state index is 11.3. The second-order valence-corrected chi connectivity index (χ2v) is 7.04. The molecule has 1 aromatic rings. The highest BCUT2D eigenvalue weighted by Gasteiger charge is 2.21. The fourth-order valence-electron chi connectivity index (χ4n) is 0.958. The van der Waals surface area contributed by atoms with Crippen molar-refractivity contribution in [3.05, 3.63) is 10.2 Å². The summed E-state index contributed by atoms with van der Waals surface area (Å²) in [5.74, 6) is 0. The fourth-order valence-corrected chi connectivity index (χ4v) is 2.93. The standard InChI is InChI=1S/C8H13Cl2N2O3PS/c1-3-5-12-7(10)6(9)8(11-12)17-15-16(13,14)4-2/h3-5H2,1-2H3,(H,13,14). The summed E-state index contributed by atoms with van der Waals surface area (Å²) in [6, 6.07) is 0. The van der Waals surface area contributed by atoms with Gasteiger partial charge in [-0.15, -0.1) is 0 Å². The number of hydrogen-bond acceptors (Lipinski definition) is 4. The summed E-state index contributed by atoms with van der Waals surface area (Å²) in [6.07, 6.45) is 0.886. The highest BCUT2D eigenvalue weighted by Crippen LogP contribution is 2.48. The van der Waals surface area contributed by atoms with Gasteiger partial charge in [-0.25, -0.2) is 3.97 Å². The van der Waals surface area contributed by atoms with Crippen LogP contribution in [0.4, 0.5) is 0 Å². The van der Waals surface area contributed by atoms with Crippen LogP contribution in [0.25, 0.3) is 0 Å². The van der Waals surface area contributed by atoms with Crippen molar-refractivity contribution in [3.8, 4) is 0 Å². The molecule has 0 fully saturated rings. The van der Waals surface area contributed by atoms with E-state index in [9.17, 15) is 9.46 Å². The van der Waals surface area contributed by atoms with E-state index in [2.05, 4.69) is 5.10 Å². The summed E-state index contributed by atoms with van der Waals surface area (Å²) in [7, 11) is -3.57. The van der Waals surface area contributed by atoms with Gasteiger partial charge in [0.05, 0.1) is 12.0 Å². The molecule has 1 N–H and O–H groups in total. The van der Waals surface area contributed by atoms with Crippen LogP contribution in [0, 0.1) is 0 Å². The number of aryl methyl sites for hydroxylation is 1. The Hall–Kier alpha value is 0.290. The Morgan fingerprint density at radius 3 is 2.71 bits per heavy atom. The highest BCUT2D eigenvalue weighted by molar-refractivity contribution is 7.98. The van der Waals surface area contributed by atoms with Crippen molar-refractivity contribution in [3.63, 3.8) is 0 Å². The molecule has 0 aromatic carbocycles. The van der Waals surface area contributed by atoms with E-state index in [0.717, 1.165) is 6.42 Å². The molecule has 0 spiro atoms. The van der Waals surface area contributed by atoms with E-state index >= 15 is 0 Å². The smallest absolute Gasteiger partial charge is 0.324 e. The lowest BCUT2D eigenvalue weighted by molar-refractivity contribution is 0.402. The largest absolute Gasteiger partial charge is 0.339 e. The maximum Gasteiger partial charge on any atom is 0.339 e. The molecule has 0 amide bonds. The van der Waals surface area contributed by atoms with Crippen molar-refractivity contribution < 1.29 is 13.4 Å². The molecule has 1 heterocycles. The molecule has 9 heteroatoms. The first-order valence-electron chi connectivity index (χ1n) is 5.01. The van der Waals surface area contributed by atoms with Gasteiger partial charge in [0, 0.05) is 12.7 Å². The zero-order valence-electron chi connectivity index (χ0n) is 9.39. The van der Waals surface area contributed by atoms with Gasteiger partial charge in [-0.3, -0.25) is 9.25 Å². The Morgan fingerprint density at radius 1 is 1.53 bits per heavy atom. The Morgan fingerprint density at radius 2 is 2.18 bits per heavy atom. The number of hydrogen-bond donors (Lipinski definition) is 1. The number of rotatable bonds is 6. The van der Waals surface area contributed by atoms with E-state index in [1.165, 1.54) is 4.68 Å². The zero-order valence-corrected chi connectivity index (χ0v) is 12.6. The lowest BCUT2D eigenvalue weighted by Crippen LogP contribution is -1.98. The van der Waals surface area contributed by atoms with Gasteiger partial charge in [-0.1, -0.05) is 37.0 Å². The van der Waals surface area contributed by atoms with Crippen LogP contribution in [0.2, 0.25) is 10.2 Å². The van der Waals surface area contributed by atoms with Crippen molar-refractivity contribution in [2.75, 3.05) is 6.16 Å². The van der Waals surface area contributed by atoms with E-state index in [1.54, 1.807) is 6.92 Å². The molecule has 0 aliphatic heterocycles. The molecule has 0 aliphatic rings. The molecule has 98 valence electrons. The predicted molar refractivity (Wildman–Crippen MR) is 69.8 cm³/mol. The van der Waals surface area contributed by atoms with Crippen LogP contribution in [0.5, 0.6) is 0 Å². The molecular weight excluding hydrogens is 306 g/mol. The molecule has 0 saturated carbocycles. The minimum atomic E-state index is -3.57.